The number of halogens is 2. The van der Waals surface area contributed by atoms with Gasteiger partial charge in [0.25, 0.3) is 5.91 Å². The molecule has 0 saturated heterocycles. The average Bonchev–Trinajstić information content (AvgIpc) is 2.36. The number of benzene rings is 1. The summed E-state index contributed by atoms with van der Waals surface area (Å²) in [7, 11) is 0. The second kappa shape index (κ2) is 6.83. The van der Waals surface area contributed by atoms with Crippen LogP contribution in [-0.4, -0.2) is 35.6 Å². The Balaban J connectivity index is 2.95. The normalized spacial score (nSPS) is 10.4. The zero-order chi connectivity index (χ0) is 13.7. The molecule has 1 amide bonds. The fourth-order valence-corrected chi connectivity index (χ4v) is 1.92. The van der Waals surface area contributed by atoms with E-state index in [2.05, 4.69) is 0 Å². The minimum absolute atomic E-state index is 0.0489. The number of rotatable bonds is 5. The predicted molar refractivity (Wildman–Crippen MR) is 74.2 cm³/mol. The number of hydrogen-bond acceptors (Lipinski definition) is 3. The summed E-state index contributed by atoms with van der Waals surface area (Å²) in [5.74, 6) is -0.170. The summed E-state index contributed by atoms with van der Waals surface area (Å²) in [6.07, 6.45) is 0.538. The van der Waals surface area contributed by atoms with Crippen molar-refractivity contribution in [2.45, 2.75) is 13.3 Å². The highest BCUT2D eigenvalue weighted by molar-refractivity contribution is 6.43. The van der Waals surface area contributed by atoms with Crippen molar-refractivity contribution in [3.8, 4) is 0 Å². The van der Waals surface area contributed by atoms with E-state index in [-0.39, 0.29) is 28.2 Å². The first-order valence-electron chi connectivity index (χ1n) is 5.65. The van der Waals surface area contributed by atoms with Gasteiger partial charge in [0, 0.05) is 25.3 Å². The molecule has 0 fully saturated rings. The summed E-state index contributed by atoms with van der Waals surface area (Å²) in [6, 6.07) is 3.02. The lowest BCUT2D eigenvalue weighted by atomic mass is 10.1. The number of amides is 1. The predicted octanol–water partition coefficient (Wildman–Crippen LogP) is 2.42. The lowest BCUT2D eigenvalue weighted by Gasteiger charge is -2.21. The summed E-state index contributed by atoms with van der Waals surface area (Å²) >= 11 is 11.7. The van der Waals surface area contributed by atoms with E-state index in [1.54, 1.807) is 4.90 Å². The Morgan fingerprint density at radius 3 is 2.61 bits per heavy atom. The fourth-order valence-electron chi connectivity index (χ4n) is 1.58. The van der Waals surface area contributed by atoms with E-state index < -0.39 is 0 Å². The Hall–Kier alpha value is -0.970. The van der Waals surface area contributed by atoms with Crippen molar-refractivity contribution in [1.29, 1.82) is 0 Å². The Labute approximate surface area is 116 Å². The lowest BCUT2D eigenvalue weighted by molar-refractivity contribution is 0.0754. The molecule has 6 heteroatoms. The molecule has 0 saturated carbocycles. The van der Waals surface area contributed by atoms with Crippen molar-refractivity contribution in [2.75, 3.05) is 25.4 Å². The molecule has 0 heterocycles. The summed E-state index contributed by atoms with van der Waals surface area (Å²) in [5, 5.41) is 9.31. The van der Waals surface area contributed by atoms with Gasteiger partial charge in [-0.1, -0.05) is 23.2 Å². The van der Waals surface area contributed by atoms with Crippen LogP contribution in [0, 0.1) is 0 Å². The second-order valence-electron chi connectivity index (χ2n) is 3.82. The van der Waals surface area contributed by atoms with Gasteiger partial charge in [0.15, 0.2) is 0 Å². The molecule has 0 radical (unpaired) electrons. The monoisotopic (exact) mass is 290 g/mol. The highest BCUT2D eigenvalue weighted by Crippen LogP contribution is 2.29. The zero-order valence-electron chi connectivity index (χ0n) is 10.1. The molecule has 3 N–H and O–H groups in total. The zero-order valence-corrected chi connectivity index (χ0v) is 11.6. The molecule has 0 aliphatic carbocycles. The highest BCUT2D eigenvalue weighted by Gasteiger charge is 2.16. The largest absolute Gasteiger partial charge is 0.397 e. The molecule has 100 valence electrons. The van der Waals surface area contributed by atoms with Gasteiger partial charge in [-0.15, -0.1) is 0 Å². The van der Waals surface area contributed by atoms with Gasteiger partial charge >= 0.3 is 0 Å². The van der Waals surface area contributed by atoms with Crippen LogP contribution in [0.5, 0.6) is 0 Å². The number of hydrogen-bond donors (Lipinski definition) is 2. The van der Waals surface area contributed by atoms with Gasteiger partial charge < -0.3 is 15.7 Å². The Bertz CT molecular complexity index is 415. The minimum atomic E-state index is -0.170. The average molecular weight is 291 g/mol. The van der Waals surface area contributed by atoms with Gasteiger partial charge in [-0.25, -0.2) is 0 Å². The first-order chi connectivity index (χ1) is 8.51. The van der Waals surface area contributed by atoms with Crippen molar-refractivity contribution in [2.24, 2.45) is 0 Å². The van der Waals surface area contributed by atoms with Gasteiger partial charge in [0.2, 0.25) is 0 Å². The van der Waals surface area contributed by atoms with Crippen LogP contribution >= 0.6 is 23.2 Å². The maximum Gasteiger partial charge on any atom is 0.253 e. The van der Waals surface area contributed by atoms with Gasteiger partial charge in [-0.05, 0) is 25.5 Å². The number of nitrogen functional groups attached to an aromatic ring is 1. The number of aliphatic hydroxyl groups is 1. The maximum absolute atomic E-state index is 12.2. The van der Waals surface area contributed by atoms with Crippen LogP contribution in [0.15, 0.2) is 12.1 Å². The number of carbonyl (C=O) groups excluding carboxylic acids is 1. The van der Waals surface area contributed by atoms with Crippen LogP contribution in [0.2, 0.25) is 10.0 Å². The van der Waals surface area contributed by atoms with Crippen LogP contribution < -0.4 is 5.73 Å². The number of nitrogens with two attached hydrogens (primary N) is 1. The topological polar surface area (TPSA) is 66.6 Å². The summed E-state index contributed by atoms with van der Waals surface area (Å²) in [6.45, 7) is 2.97. The molecule has 0 aromatic heterocycles. The number of carbonyl (C=O) groups is 1. The van der Waals surface area contributed by atoms with Gasteiger partial charge in [-0.2, -0.15) is 0 Å². The summed E-state index contributed by atoms with van der Waals surface area (Å²) in [5.41, 5.74) is 6.36. The van der Waals surface area contributed by atoms with Crippen molar-refractivity contribution in [1.82, 2.24) is 4.90 Å². The minimum Gasteiger partial charge on any atom is -0.397 e. The molecule has 0 unspecified atom stereocenters. The molecular weight excluding hydrogens is 275 g/mol. The fraction of sp³-hybridized carbons (Fsp3) is 0.417. The van der Waals surface area contributed by atoms with Gasteiger partial charge in [0.1, 0.15) is 0 Å². The smallest absolute Gasteiger partial charge is 0.253 e. The Morgan fingerprint density at radius 1 is 1.44 bits per heavy atom. The molecule has 1 aromatic carbocycles. The molecule has 0 bridgehead atoms. The first-order valence-corrected chi connectivity index (χ1v) is 6.41. The van der Waals surface area contributed by atoms with Gasteiger partial charge in [0.05, 0.1) is 15.7 Å². The Morgan fingerprint density at radius 2 is 2.11 bits per heavy atom. The van der Waals surface area contributed by atoms with Crippen LogP contribution in [0.1, 0.15) is 23.7 Å². The van der Waals surface area contributed by atoms with Crippen LogP contribution in [0.4, 0.5) is 5.69 Å². The van der Waals surface area contributed by atoms with E-state index in [4.69, 9.17) is 34.0 Å². The lowest BCUT2D eigenvalue weighted by Crippen LogP contribution is -2.32. The molecule has 4 nitrogen and oxygen atoms in total. The molecule has 0 atom stereocenters. The molecule has 1 rings (SSSR count). The van der Waals surface area contributed by atoms with Gasteiger partial charge in [-0.3, -0.25) is 4.79 Å². The summed E-state index contributed by atoms with van der Waals surface area (Å²) < 4.78 is 0. The highest BCUT2D eigenvalue weighted by atomic mass is 35.5. The van der Waals surface area contributed by atoms with Crippen molar-refractivity contribution in [3.63, 3.8) is 0 Å². The summed E-state index contributed by atoms with van der Waals surface area (Å²) in [4.78, 5) is 13.8. The van der Waals surface area contributed by atoms with Crippen molar-refractivity contribution in [3.05, 3.63) is 27.7 Å². The van der Waals surface area contributed by atoms with Crippen LogP contribution in [-0.2, 0) is 0 Å². The van der Waals surface area contributed by atoms with E-state index in [1.165, 1.54) is 12.1 Å². The SMILES string of the molecule is CCN(CCCO)C(=O)c1cc(N)c(Cl)c(Cl)c1. The van der Waals surface area contributed by atoms with Crippen LogP contribution in [0.3, 0.4) is 0 Å². The van der Waals surface area contributed by atoms with E-state index in [0.717, 1.165) is 0 Å². The molecule has 0 aliphatic rings. The number of anilines is 1. The standard InChI is InChI=1S/C12H16Cl2N2O2/c1-2-16(4-3-5-17)12(18)8-6-9(13)11(14)10(15)7-8/h6-7,17H,2-5,15H2,1H3. The van der Waals surface area contributed by atoms with E-state index in [9.17, 15) is 4.79 Å². The van der Waals surface area contributed by atoms with E-state index in [0.29, 0.717) is 25.1 Å². The molecule has 1 aromatic rings. The van der Waals surface area contributed by atoms with E-state index >= 15 is 0 Å². The van der Waals surface area contributed by atoms with Crippen molar-refractivity contribution >= 4 is 34.8 Å². The third kappa shape index (κ3) is 3.51. The van der Waals surface area contributed by atoms with Crippen molar-refractivity contribution < 1.29 is 9.90 Å². The van der Waals surface area contributed by atoms with E-state index in [1.807, 2.05) is 6.92 Å². The number of nitrogens with zero attached hydrogens (tertiary/aromatic N) is 1. The quantitative estimate of drug-likeness (QED) is 0.819. The second-order valence-corrected chi connectivity index (χ2v) is 4.61. The Kier molecular flexibility index (Phi) is 5.72. The first kappa shape index (κ1) is 15.1. The number of aliphatic hydroxyl groups excluding tert-OH is 1. The third-order valence-corrected chi connectivity index (χ3v) is 3.38. The molecule has 18 heavy (non-hydrogen) atoms. The molecule has 0 spiro atoms. The molecular formula is C12H16Cl2N2O2. The maximum atomic E-state index is 12.2. The third-order valence-electron chi connectivity index (χ3n) is 2.56. The molecule has 0 aliphatic heterocycles. The van der Waals surface area contributed by atoms with Crippen LogP contribution in [0.25, 0.3) is 0 Å².